The summed E-state index contributed by atoms with van der Waals surface area (Å²) in [5.74, 6) is -2.45. The van der Waals surface area contributed by atoms with Crippen LogP contribution in [0.5, 0.6) is 0 Å². The van der Waals surface area contributed by atoms with Crippen molar-refractivity contribution in [2.45, 2.75) is 49.0 Å². The summed E-state index contributed by atoms with van der Waals surface area (Å²) in [4.78, 5) is 11.1. The van der Waals surface area contributed by atoms with Gasteiger partial charge in [0.15, 0.2) is 12.4 Å². The summed E-state index contributed by atoms with van der Waals surface area (Å²) in [6.45, 7) is -1.77. The van der Waals surface area contributed by atoms with Gasteiger partial charge in [0.05, 0.1) is 19.3 Å². The second kappa shape index (κ2) is 10.2. The molecule has 17 nitrogen and oxygen atoms in total. The van der Waals surface area contributed by atoms with Crippen molar-refractivity contribution < 1.29 is 73.7 Å². The molecule has 8 atom stereocenters. The van der Waals surface area contributed by atoms with E-state index in [9.17, 15) is 36.9 Å². The molecule has 0 radical (unpaired) electrons. The fourth-order valence-electron chi connectivity index (χ4n) is 2.91. The Labute approximate surface area is 180 Å². The molecule has 2 aliphatic heterocycles. The fraction of sp³-hybridized carbons (Fsp3) is 0.769. The van der Waals surface area contributed by atoms with Crippen LogP contribution in [-0.2, 0) is 48.2 Å². The molecule has 0 aromatic carbocycles. The lowest BCUT2D eigenvalue weighted by Gasteiger charge is -2.42. The van der Waals surface area contributed by atoms with Crippen molar-refractivity contribution in [3.05, 3.63) is 11.8 Å². The van der Waals surface area contributed by atoms with E-state index in [1.807, 2.05) is 0 Å². The van der Waals surface area contributed by atoms with Gasteiger partial charge in [0, 0.05) is 0 Å². The van der Waals surface area contributed by atoms with Crippen molar-refractivity contribution in [2.24, 2.45) is 5.73 Å². The van der Waals surface area contributed by atoms with Gasteiger partial charge in [0.25, 0.3) is 0 Å². The monoisotopic (exact) mass is 511 g/mol. The smallest absolute Gasteiger partial charge is 0.397 e. The first kappa shape index (κ1) is 26.8. The highest BCUT2D eigenvalue weighted by atomic mass is 32.3. The zero-order valence-electron chi connectivity index (χ0n) is 15.8. The third kappa shape index (κ3) is 7.26. The maximum absolute atomic E-state index is 11.1. The van der Waals surface area contributed by atoms with E-state index in [1.54, 1.807) is 0 Å². The van der Waals surface area contributed by atoms with Crippen molar-refractivity contribution in [3.8, 4) is 0 Å². The third-order valence-corrected chi connectivity index (χ3v) is 5.22. The average molecular weight is 511 g/mol. The molecule has 0 amide bonds. The zero-order valence-corrected chi connectivity index (χ0v) is 17.4. The van der Waals surface area contributed by atoms with E-state index in [2.05, 4.69) is 8.37 Å². The molecule has 1 unspecified atom stereocenters. The number of carbonyl (C=O) groups is 1. The van der Waals surface area contributed by atoms with Gasteiger partial charge in [-0.25, -0.2) is 13.2 Å². The van der Waals surface area contributed by atoms with E-state index in [0.29, 0.717) is 6.08 Å². The van der Waals surface area contributed by atoms with E-state index < -0.39 is 94.7 Å². The third-order valence-electron chi connectivity index (χ3n) is 4.32. The van der Waals surface area contributed by atoms with E-state index in [-0.39, 0.29) is 0 Å². The normalized spacial score (nSPS) is 36.2. The Morgan fingerprint density at radius 1 is 1.03 bits per heavy atom. The van der Waals surface area contributed by atoms with Crippen LogP contribution in [0.1, 0.15) is 0 Å². The number of carboxylic acids is 1. The van der Waals surface area contributed by atoms with Crippen molar-refractivity contribution in [2.75, 3.05) is 13.2 Å². The van der Waals surface area contributed by atoms with Gasteiger partial charge < -0.3 is 40.4 Å². The minimum atomic E-state index is -5.13. The molecule has 19 heteroatoms. The Bertz CT molecular complexity index is 918. The first-order chi connectivity index (χ1) is 14.6. The molecular formula is C13H21NO16S2. The van der Waals surface area contributed by atoms with Crippen LogP contribution in [-0.4, -0.2) is 115 Å². The topological polar surface area (TPSA) is 279 Å². The van der Waals surface area contributed by atoms with Gasteiger partial charge in [-0.3, -0.25) is 9.11 Å². The molecular weight excluding hydrogens is 490 g/mol. The molecule has 0 aliphatic carbocycles. The van der Waals surface area contributed by atoms with Gasteiger partial charge in [-0.2, -0.15) is 16.8 Å². The second-order valence-corrected chi connectivity index (χ2v) is 8.75. The van der Waals surface area contributed by atoms with Crippen molar-refractivity contribution in [1.29, 1.82) is 0 Å². The zero-order chi connectivity index (χ0) is 24.4. The van der Waals surface area contributed by atoms with E-state index in [1.165, 1.54) is 0 Å². The van der Waals surface area contributed by atoms with Gasteiger partial charge in [-0.1, -0.05) is 0 Å². The van der Waals surface area contributed by atoms with Crippen LogP contribution in [0.4, 0.5) is 0 Å². The van der Waals surface area contributed by atoms with Gasteiger partial charge in [0.2, 0.25) is 5.76 Å². The Morgan fingerprint density at radius 2 is 1.66 bits per heavy atom. The summed E-state index contributed by atoms with van der Waals surface area (Å²) in [6.07, 6.45) is -11.6. The Balaban J connectivity index is 2.17. The summed E-state index contributed by atoms with van der Waals surface area (Å²) < 4.78 is 84.6. The number of aliphatic hydroxyl groups is 3. The number of carboxylic acid groups (broad SMARTS) is 1. The Morgan fingerprint density at radius 3 is 2.19 bits per heavy atom. The van der Waals surface area contributed by atoms with Crippen molar-refractivity contribution in [3.63, 3.8) is 0 Å². The van der Waals surface area contributed by atoms with Crippen LogP contribution >= 0.6 is 0 Å². The largest absolute Gasteiger partial charge is 0.478 e. The highest BCUT2D eigenvalue weighted by Crippen LogP contribution is 2.26. The molecule has 32 heavy (non-hydrogen) atoms. The highest BCUT2D eigenvalue weighted by molar-refractivity contribution is 7.81. The molecule has 2 aliphatic rings. The van der Waals surface area contributed by atoms with Crippen molar-refractivity contribution >= 4 is 26.8 Å². The van der Waals surface area contributed by atoms with Crippen LogP contribution in [0.2, 0.25) is 0 Å². The number of aliphatic hydroxyl groups excluding tert-OH is 3. The molecule has 0 bridgehead atoms. The van der Waals surface area contributed by atoms with Crippen LogP contribution in [0.25, 0.3) is 0 Å². The number of ether oxygens (including phenoxy) is 3. The Hall–Kier alpha value is -1.49. The predicted octanol–water partition coefficient (Wildman–Crippen LogP) is -4.49. The highest BCUT2D eigenvalue weighted by Gasteiger charge is 2.46. The molecule has 8 N–H and O–H groups in total. The summed E-state index contributed by atoms with van der Waals surface area (Å²) >= 11 is 0. The van der Waals surface area contributed by atoms with Crippen LogP contribution in [0.3, 0.4) is 0 Å². The minimum Gasteiger partial charge on any atom is -0.478 e. The average Bonchev–Trinajstić information content (AvgIpc) is 2.64. The lowest BCUT2D eigenvalue weighted by atomic mass is 9.97. The number of aliphatic carboxylic acids is 1. The predicted molar refractivity (Wildman–Crippen MR) is 95.1 cm³/mol. The molecule has 2 heterocycles. The summed E-state index contributed by atoms with van der Waals surface area (Å²) in [7, 11) is -10.1. The quantitative estimate of drug-likeness (QED) is 0.144. The molecule has 0 spiro atoms. The van der Waals surface area contributed by atoms with Gasteiger partial charge in [-0.15, -0.1) is 0 Å². The van der Waals surface area contributed by atoms with Gasteiger partial charge >= 0.3 is 26.8 Å². The lowest BCUT2D eigenvalue weighted by Crippen LogP contribution is -2.63. The van der Waals surface area contributed by atoms with E-state index in [0.717, 1.165) is 0 Å². The number of nitrogens with two attached hydrogens (primary N) is 1. The first-order valence-electron chi connectivity index (χ1n) is 8.55. The molecule has 0 aromatic heterocycles. The maximum Gasteiger partial charge on any atom is 0.397 e. The molecule has 186 valence electrons. The van der Waals surface area contributed by atoms with Crippen LogP contribution in [0.15, 0.2) is 11.8 Å². The number of hydrogen-bond donors (Lipinski definition) is 7. The number of hydrogen-bond acceptors (Lipinski definition) is 14. The first-order valence-corrected chi connectivity index (χ1v) is 11.3. The van der Waals surface area contributed by atoms with E-state index in [4.69, 9.17) is 34.2 Å². The van der Waals surface area contributed by atoms with Crippen molar-refractivity contribution in [1.82, 2.24) is 0 Å². The molecule has 2 rings (SSSR count). The summed E-state index contributed by atoms with van der Waals surface area (Å²) in [5, 5.41) is 39.2. The molecule has 0 saturated carbocycles. The van der Waals surface area contributed by atoms with E-state index >= 15 is 0 Å². The lowest BCUT2D eigenvalue weighted by molar-refractivity contribution is -0.260. The standard InChI is InChI=1S/C13H21NO16S2/c14-8-11(9(16)6(29-13(8)19)3-27-31(20,21)22)26-2-7-10(30-32(23,24)25)4(15)1-5(28-7)12(17)18/h1,4,6-11,13,15-16,19H,2-3,14H2,(H,17,18)(H,20,21,22)(H,23,24,25)/t4-,6+,7-,8+,9-,10+,11+,13?/m0/s1. The van der Waals surface area contributed by atoms with Crippen LogP contribution in [0, 0.1) is 0 Å². The minimum absolute atomic E-state index is 0.607. The Kier molecular flexibility index (Phi) is 8.52. The second-order valence-electron chi connectivity index (χ2n) is 6.61. The van der Waals surface area contributed by atoms with Gasteiger partial charge in [-0.05, 0) is 6.08 Å². The van der Waals surface area contributed by atoms with Gasteiger partial charge in [0.1, 0.15) is 30.5 Å². The molecule has 1 saturated heterocycles. The molecule has 1 fully saturated rings. The summed E-state index contributed by atoms with van der Waals surface area (Å²) in [5.41, 5.74) is 5.68. The van der Waals surface area contributed by atoms with Crippen LogP contribution < -0.4 is 5.73 Å². The summed E-state index contributed by atoms with van der Waals surface area (Å²) in [6, 6.07) is -1.46. The maximum atomic E-state index is 11.1. The fourth-order valence-corrected chi connectivity index (χ4v) is 3.73. The number of rotatable bonds is 9. The molecule has 0 aromatic rings. The SMILES string of the molecule is N[C@H]1C(O)O[C@H](COS(=O)(=O)O)[C@H](O)[C@@H]1OC[C@@H]1OC(C(=O)O)=C[C@H](O)[C@H]1OS(=O)(=O)O.